The summed E-state index contributed by atoms with van der Waals surface area (Å²) in [6.45, 7) is 4.99. The van der Waals surface area contributed by atoms with Crippen molar-refractivity contribution in [2.45, 2.75) is 26.3 Å². The molecule has 0 bridgehead atoms. The van der Waals surface area contributed by atoms with Crippen LogP contribution in [0.15, 0.2) is 29.6 Å². The van der Waals surface area contributed by atoms with Gasteiger partial charge < -0.3 is 5.32 Å². The van der Waals surface area contributed by atoms with Crippen LogP contribution < -0.4 is 5.32 Å². The van der Waals surface area contributed by atoms with Crippen LogP contribution in [0.2, 0.25) is 5.02 Å². The van der Waals surface area contributed by atoms with Gasteiger partial charge in [-0.2, -0.15) is 0 Å². The van der Waals surface area contributed by atoms with Gasteiger partial charge in [0.2, 0.25) is 0 Å². The second kappa shape index (κ2) is 6.51. The monoisotopic (exact) mass is 297 g/mol. The molecule has 4 heteroatoms. The average molecular weight is 298 g/mol. The Morgan fingerprint density at radius 1 is 1.37 bits per heavy atom. The molecule has 0 saturated carbocycles. The minimum Gasteiger partial charge on any atom is -0.305 e. The fourth-order valence-corrected chi connectivity index (χ4v) is 3.25. The third-order valence-electron chi connectivity index (χ3n) is 3.03. The van der Waals surface area contributed by atoms with Gasteiger partial charge in [-0.15, -0.1) is 11.3 Å². The SMILES string of the molecule is CCCNC(c1cc(Cl)ccc1F)c1sccc1C. The molecule has 0 spiro atoms. The maximum atomic E-state index is 14.1. The van der Waals surface area contributed by atoms with Gasteiger partial charge in [0.15, 0.2) is 0 Å². The van der Waals surface area contributed by atoms with Crippen LogP contribution in [0, 0.1) is 12.7 Å². The number of thiophene rings is 1. The van der Waals surface area contributed by atoms with Crippen molar-refractivity contribution in [3.05, 3.63) is 56.5 Å². The quantitative estimate of drug-likeness (QED) is 0.824. The number of benzene rings is 1. The van der Waals surface area contributed by atoms with Crippen LogP contribution in [0.25, 0.3) is 0 Å². The summed E-state index contributed by atoms with van der Waals surface area (Å²) < 4.78 is 14.1. The number of hydrogen-bond donors (Lipinski definition) is 1. The normalized spacial score (nSPS) is 12.6. The van der Waals surface area contributed by atoms with Crippen LogP contribution in [-0.4, -0.2) is 6.54 Å². The Labute approximate surface area is 122 Å². The van der Waals surface area contributed by atoms with E-state index in [2.05, 4.69) is 25.2 Å². The smallest absolute Gasteiger partial charge is 0.128 e. The molecule has 1 unspecified atom stereocenters. The maximum Gasteiger partial charge on any atom is 0.128 e. The summed E-state index contributed by atoms with van der Waals surface area (Å²) >= 11 is 7.65. The molecule has 0 aliphatic carbocycles. The minimum atomic E-state index is -0.217. The topological polar surface area (TPSA) is 12.0 Å². The Hall–Kier alpha value is -0.900. The van der Waals surface area contributed by atoms with Gasteiger partial charge >= 0.3 is 0 Å². The first-order chi connectivity index (χ1) is 9.13. The Balaban J connectivity index is 2.42. The van der Waals surface area contributed by atoms with Crippen molar-refractivity contribution in [2.24, 2.45) is 0 Å². The molecule has 0 fully saturated rings. The summed E-state index contributed by atoms with van der Waals surface area (Å²) in [5.74, 6) is -0.217. The van der Waals surface area contributed by atoms with Gasteiger partial charge in [-0.3, -0.25) is 0 Å². The molecule has 2 aromatic rings. The highest BCUT2D eigenvalue weighted by atomic mass is 35.5. The third kappa shape index (κ3) is 3.35. The van der Waals surface area contributed by atoms with E-state index in [0.29, 0.717) is 10.6 Å². The predicted molar refractivity (Wildman–Crippen MR) is 80.6 cm³/mol. The van der Waals surface area contributed by atoms with E-state index in [1.54, 1.807) is 23.5 Å². The van der Waals surface area contributed by atoms with Gasteiger partial charge in [-0.1, -0.05) is 18.5 Å². The molecule has 0 saturated heterocycles. The van der Waals surface area contributed by atoms with E-state index in [1.165, 1.54) is 11.6 Å². The summed E-state index contributed by atoms with van der Waals surface area (Å²) in [7, 11) is 0. The zero-order valence-electron chi connectivity index (χ0n) is 11.0. The lowest BCUT2D eigenvalue weighted by atomic mass is 10.0. The Morgan fingerprint density at radius 2 is 2.16 bits per heavy atom. The van der Waals surface area contributed by atoms with Gasteiger partial charge in [0.05, 0.1) is 6.04 Å². The first kappa shape index (κ1) is 14.5. The van der Waals surface area contributed by atoms with E-state index >= 15 is 0 Å². The van der Waals surface area contributed by atoms with E-state index in [9.17, 15) is 4.39 Å². The summed E-state index contributed by atoms with van der Waals surface area (Å²) in [6, 6.07) is 6.66. The molecule has 19 heavy (non-hydrogen) atoms. The zero-order valence-corrected chi connectivity index (χ0v) is 12.6. The summed E-state index contributed by atoms with van der Waals surface area (Å²) in [4.78, 5) is 1.15. The highest BCUT2D eigenvalue weighted by Gasteiger charge is 2.20. The number of aryl methyl sites for hydroxylation is 1. The molecule has 1 atom stereocenters. The summed E-state index contributed by atoms with van der Waals surface area (Å²) in [5.41, 5.74) is 1.80. The maximum absolute atomic E-state index is 14.1. The minimum absolute atomic E-state index is 0.126. The molecule has 1 aromatic carbocycles. The number of nitrogens with one attached hydrogen (secondary N) is 1. The van der Waals surface area contributed by atoms with E-state index in [-0.39, 0.29) is 11.9 Å². The molecular weight excluding hydrogens is 281 g/mol. The van der Waals surface area contributed by atoms with Gasteiger partial charge in [-0.25, -0.2) is 4.39 Å². The fourth-order valence-electron chi connectivity index (χ4n) is 2.05. The van der Waals surface area contributed by atoms with E-state index in [0.717, 1.165) is 17.8 Å². The van der Waals surface area contributed by atoms with Crippen molar-refractivity contribution < 1.29 is 4.39 Å². The van der Waals surface area contributed by atoms with Crippen LogP contribution in [0.5, 0.6) is 0 Å². The first-order valence-electron chi connectivity index (χ1n) is 6.35. The van der Waals surface area contributed by atoms with Crippen LogP contribution in [0.1, 0.15) is 35.4 Å². The fraction of sp³-hybridized carbons (Fsp3) is 0.333. The van der Waals surface area contributed by atoms with Crippen molar-refractivity contribution in [1.82, 2.24) is 5.32 Å². The lowest BCUT2D eigenvalue weighted by molar-refractivity contribution is 0.550. The lowest BCUT2D eigenvalue weighted by Crippen LogP contribution is -2.24. The zero-order chi connectivity index (χ0) is 13.8. The first-order valence-corrected chi connectivity index (χ1v) is 7.61. The highest BCUT2D eigenvalue weighted by molar-refractivity contribution is 7.10. The molecule has 1 aromatic heterocycles. The third-order valence-corrected chi connectivity index (χ3v) is 4.35. The van der Waals surface area contributed by atoms with E-state index in [4.69, 9.17) is 11.6 Å². The van der Waals surface area contributed by atoms with Crippen molar-refractivity contribution in [3.63, 3.8) is 0 Å². The Bertz CT molecular complexity index is 553. The number of halogens is 2. The van der Waals surface area contributed by atoms with Crippen LogP contribution in [0.3, 0.4) is 0 Å². The second-order valence-electron chi connectivity index (χ2n) is 4.52. The average Bonchev–Trinajstić information content (AvgIpc) is 2.80. The lowest BCUT2D eigenvalue weighted by Gasteiger charge is -2.19. The molecule has 0 aliphatic rings. The van der Waals surface area contributed by atoms with E-state index in [1.807, 2.05) is 5.38 Å². The van der Waals surface area contributed by atoms with E-state index < -0.39 is 0 Å². The molecule has 1 N–H and O–H groups in total. The second-order valence-corrected chi connectivity index (χ2v) is 5.90. The predicted octanol–water partition coefficient (Wildman–Crippen LogP) is 4.94. The molecular formula is C15H17ClFNS. The summed E-state index contributed by atoms with van der Waals surface area (Å²) in [6.07, 6.45) is 1.00. The van der Waals surface area contributed by atoms with Crippen LogP contribution in [0.4, 0.5) is 4.39 Å². The van der Waals surface area contributed by atoms with Crippen molar-refractivity contribution >= 4 is 22.9 Å². The molecule has 0 aliphatic heterocycles. The van der Waals surface area contributed by atoms with Gasteiger partial charge in [0.1, 0.15) is 5.82 Å². The number of rotatable bonds is 5. The van der Waals surface area contributed by atoms with Crippen molar-refractivity contribution in [2.75, 3.05) is 6.54 Å². The molecule has 1 nitrogen and oxygen atoms in total. The molecule has 102 valence electrons. The van der Waals surface area contributed by atoms with Crippen molar-refractivity contribution in [1.29, 1.82) is 0 Å². The largest absolute Gasteiger partial charge is 0.305 e. The molecule has 2 rings (SSSR count). The molecule has 1 heterocycles. The van der Waals surface area contributed by atoms with Gasteiger partial charge in [0.25, 0.3) is 0 Å². The van der Waals surface area contributed by atoms with Gasteiger partial charge in [-0.05, 0) is 55.1 Å². The number of hydrogen-bond acceptors (Lipinski definition) is 2. The van der Waals surface area contributed by atoms with Crippen LogP contribution in [-0.2, 0) is 0 Å². The van der Waals surface area contributed by atoms with Gasteiger partial charge in [0, 0.05) is 15.5 Å². The van der Waals surface area contributed by atoms with Crippen molar-refractivity contribution in [3.8, 4) is 0 Å². The Kier molecular flexibility index (Phi) is 4.97. The Morgan fingerprint density at radius 3 is 2.79 bits per heavy atom. The molecule has 0 amide bonds. The van der Waals surface area contributed by atoms with Crippen LogP contribution >= 0.6 is 22.9 Å². The standard InChI is InChI=1S/C15H17ClFNS/c1-3-7-18-14(15-10(2)6-8-19-15)12-9-11(16)4-5-13(12)17/h4-6,8-9,14,18H,3,7H2,1-2H3. The highest BCUT2D eigenvalue weighted by Crippen LogP contribution is 2.32. The summed E-state index contributed by atoms with van der Waals surface area (Å²) in [5, 5.41) is 6.01. The molecule has 0 radical (unpaired) electrons.